The number of benzene rings is 1. The van der Waals surface area contributed by atoms with Crippen molar-refractivity contribution >= 4 is 5.69 Å². The molecule has 2 rings (SSSR count). The van der Waals surface area contributed by atoms with Crippen LogP contribution in [0.25, 0.3) is 11.4 Å². The number of aromatic nitrogens is 4. The van der Waals surface area contributed by atoms with Crippen molar-refractivity contribution in [3.05, 3.63) is 23.8 Å². The molecule has 2 aromatic rings. The van der Waals surface area contributed by atoms with Gasteiger partial charge in [0.25, 0.3) is 0 Å². The summed E-state index contributed by atoms with van der Waals surface area (Å²) in [5, 5.41) is 12.2. The highest BCUT2D eigenvalue weighted by Gasteiger charge is 2.16. The Bertz CT molecular complexity index is 588. The minimum absolute atomic E-state index is 0.297. The monoisotopic (exact) mass is 287 g/mol. The average molecular weight is 287 g/mol. The maximum atomic E-state index is 5.81. The quantitative estimate of drug-likeness (QED) is 0.824. The third-order valence-electron chi connectivity index (χ3n) is 3.81. The first-order valence-corrected chi connectivity index (χ1v) is 7.63. The molecule has 5 nitrogen and oxygen atoms in total. The van der Waals surface area contributed by atoms with E-state index in [2.05, 4.69) is 36.3 Å². The molecular formula is C16H25N5. The van der Waals surface area contributed by atoms with Gasteiger partial charge in [0.2, 0.25) is 0 Å². The van der Waals surface area contributed by atoms with E-state index in [9.17, 15) is 0 Å². The number of nitrogens with two attached hydrogens (primary N) is 1. The first-order valence-electron chi connectivity index (χ1n) is 7.63. The maximum Gasteiger partial charge on any atom is 0.182 e. The number of rotatable bonds is 6. The van der Waals surface area contributed by atoms with Crippen molar-refractivity contribution in [2.45, 2.75) is 53.0 Å². The molecule has 1 unspecified atom stereocenters. The van der Waals surface area contributed by atoms with Crippen LogP contribution in [0.15, 0.2) is 18.2 Å². The molecule has 0 saturated carbocycles. The van der Waals surface area contributed by atoms with Gasteiger partial charge in [-0.3, -0.25) is 0 Å². The van der Waals surface area contributed by atoms with Crippen molar-refractivity contribution in [1.29, 1.82) is 0 Å². The predicted octanol–water partition coefficient (Wildman–Crippen LogP) is 3.62. The summed E-state index contributed by atoms with van der Waals surface area (Å²) in [5.41, 5.74) is 8.72. The average Bonchev–Trinajstić information content (AvgIpc) is 2.87. The van der Waals surface area contributed by atoms with Gasteiger partial charge in [0, 0.05) is 11.3 Å². The van der Waals surface area contributed by atoms with Crippen LogP contribution in [0.2, 0.25) is 0 Å². The summed E-state index contributed by atoms with van der Waals surface area (Å²) in [6.45, 7) is 8.72. The number of hydrogen-bond donors (Lipinski definition) is 1. The number of hydrogen-bond acceptors (Lipinski definition) is 4. The lowest BCUT2D eigenvalue weighted by molar-refractivity contribution is 0.414. The third kappa shape index (κ3) is 3.80. The van der Waals surface area contributed by atoms with Crippen LogP contribution in [-0.4, -0.2) is 20.2 Å². The number of tetrazole rings is 1. The zero-order valence-electron chi connectivity index (χ0n) is 13.4. The van der Waals surface area contributed by atoms with Gasteiger partial charge in [-0.15, -0.1) is 5.10 Å². The van der Waals surface area contributed by atoms with Crippen LogP contribution in [0.3, 0.4) is 0 Å². The van der Waals surface area contributed by atoms with Gasteiger partial charge in [-0.2, -0.15) is 0 Å². The third-order valence-corrected chi connectivity index (χ3v) is 3.81. The fraction of sp³-hybridized carbons (Fsp3) is 0.562. The van der Waals surface area contributed by atoms with Crippen LogP contribution >= 0.6 is 0 Å². The van der Waals surface area contributed by atoms with Crippen LogP contribution in [0.1, 0.15) is 51.6 Å². The standard InChI is InChI=1S/C16H25N5/c1-11(2)6-5-7-13(4)21-16(18-19-20-21)15-9-8-14(17)10-12(15)3/h8-11,13H,5-7,17H2,1-4H3. The smallest absolute Gasteiger partial charge is 0.182 e. The van der Waals surface area contributed by atoms with E-state index in [1.807, 2.05) is 29.8 Å². The Balaban J connectivity index is 2.18. The van der Waals surface area contributed by atoms with Crippen LogP contribution in [0, 0.1) is 12.8 Å². The minimum atomic E-state index is 0.297. The summed E-state index contributed by atoms with van der Waals surface area (Å²) in [7, 11) is 0. The summed E-state index contributed by atoms with van der Waals surface area (Å²) in [4.78, 5) is 0. The van der Waals surface area contributed by atoms with Crippen molar-refractivity contribution < 1.29 is 0 Å². The van der Waals surface area contributed by atoms with E-state index in [1.165, 1.54) is 12.8 Å². The van der Waals surface area contributed by atoms with Crippen molar-refractivity contribution in [2.75, 3.05) is 5.73 Å². The number of nitrogens with zero attached hydrogens (tertiary/aromatic N) is 4. The molecule has 0 spiro atoms. The molecule has 5 heteroatoms. The van der Waals surface area contributed by atoms with Crippen LogP contribution in [0.5, 0.6) is 0 Å². The molecule has 0 aliphatic carbocycles. The Morgan fingerprint density at radius 1 is 1.19 bits per heavy atom. The second-order valence-corrected chi connectivity index (χ2v) is 6.20. The van der Waals surface area contributed by atoms with Gasteiger partial charge in [0.1, 0.15) is 0 Å². The van der Waals surface area contributed by atoms with Crippen LogP contribution in [0.4, 0.5) is 5.69 Å². The van der Waals surface area contributed by atoms with E-state index in [4.69, 9.17) is 5.73 Å². The lowest BCUT2D eigenvalue weighted by Crippen LogP contribution is -2.10. The molecule has 1 aromatic carbocycles. The largest absolute Gasteiger partial charge is 0.399 e. The second-order valence-electron chi connectivity index (χ2n) is 6.20. The summed E-state index contributed by atoms with van der Waals surface area (Å²) in [6.07, 6.45) is 3.52. The van der Waals surface area contributed by atoms with Gasteiger partial charge < -0.3 is 5.73 Å². The van der Waals surface area contributed by atoms with E-state index in [1.54, 1.807) is 0 Å². The van der Waals surface area contributed by atoms with Gasteiger partial charge in [0.15, 0.2) is 5.82 Å². The highest BCUT2D eigenvalue weighted by atomic mass is 15.5. The molecule has 0 radical (unpaired) electrons. The van der Waals surface area contributed by atoms with E-state index in [0.717, 1.165) is 35.0 Å². The molecule has 21 heavy (non-hydrogen) atoms. The Morgan fingerprint density at radius 2 is 1.95 bits per heavy atom. The van der Waals surface area contributed by atoms with E-state index >= 15 is 0 Å². The molecule has 1 heterocycles. The zero-order valence-corrected chi connectivity index (χ0v) is 13.4. The first-order chi connectivity index (χ1) is 9.99. The fourth-order valence-corrected chi connectivity index (χ4v) is 2.55. The highest BCUT2D eigenvalue weighted by Crippen LogP contribution is 2.26. The summed E-state index contributed by atoms with van der Waals surface area (Å²) in [6, 6.07) is 6.14. The Morgan fingerprint density at radius 3 is 2.62 bits per heavy atom. The van der Waals surface area contributed by atoms with E-state index in [0.29, 0.717) is 6.04 Å². The molecule has 0 saturated heterocycles. The Kier molecular flexibility index (Phi) is 4.94. The Hall–Kier alpha value is -1.91. The van der Waals surface area contributed by atoms with Gasteiger partial charge in [-0.25, -0.2) is 4.68 Å². The second kappa shape index (κ2) is 6.70. The van der Waals surface area contributed by atoms with Gasteiger partial charge in [0.05, 0.1) is 6.04 Å². The van der Waals surface area contributed by atoms with Crippen molar-refractivity contribution in [3.8, 4) is 11.4 Å². The molecule has 2 N–H and O–H groups in total. The van der Waals surface area contributed by atoms with Crippen molar-refractivity contribution in [2.24, 2.45) is 5.92 Å². The lowest BCUT2D eigenvalue weighted by Gasteiger charge is -2.15. The highest BCUT2D eigenvalue weighted by molar-refractivity contribution is 5.63. The lowest BCUT2D eigenvalue weighted by atomic mass is 10.0. The summed E-state index contributed by atoms with van der Waals surface area (Å²) < 4.78 is 1.93. The molecule has 1 atom stereocenters. The van der Waals surface area contributed by atoms with Gasteiger partial charge >= 0.3 is 0 Å². The zero-order chi connectivity index (χ0) is 15.4. The topological polar surface area (TPSA) is 69.6 Å². The van der Waals surface area contributed by atoms with Gasteiger partial charge in [-0.1, -0.05) is 26.7 Å². The summed E-state index contributed by atoms with van der Waals surface area (Å²) >= 11 is 0. The fourth-order valence-electron chi connectivity index (χ4n) is 2.55. The SMILES string of the molecule is Cc1cc(N)ccc1-c1nnnn1C(C)CCCC(C)C. The first kappa shape index (κ1) is 15.5. The summed E-state index contributed by atoms with van der Waals surface area (Å²) in [5.74, 6) is 1.56. The maximum absolute atomic E-state index is 5.81. The molecule has 0 aliphatic rings. The van der Waals surface area contributed by atoms with Crippen molar-refractivity contribution in [3.63, 3.8) is 0 Å². The van der Waals surface area contributed by atoms with E-state index in [-0.39, 0.29) is 0 Å². The molecule has 0 fully saturated rings. The molecule has 0 amide bonds. The molecule has 0 bridgehead atoms. The van der Waals surface area contributed by atoms with Crippen LogP contribution < -0.4 is 5.73 Å². The predicted molar refractivity (Wildman–Crippen MR) is 85.8 cm³/mol. The van der Waals surface area contributed by atoms with Gasteiger partial charge in [-0.05, 0) is 60.4 Å². The molecule has 114 valence electrons. The number of nitrogen functional groups attached to an aromatic ring is 1. The molecule has 1 aromatic heterocycles. The van der Waals surface area contributed by atoms with Crippen molar-refractivity contribution in [1.82, 2.24) is 20.2 Å². The van der Waals surface area contributed by atoms with Crippen LogP contribution in [-0.2, 0) is 0 Å². The Labute approximate surface area is 126 Å². The molecule has 0 aliphatic heterocycles. The van der Waals surface area contributed by atoms with E-state index < -0.39 is 0 Å². The number of anilines is 1. The minimum Gasteiger partial charge on any atom is -0.399 e. The number of aryl methyl sites for hydroxylation is 1. The normalized spacial score (nSPS) is 12.8. The molecular weight excluding hydrogens is 262 g/mol.